The van der Waals surface area contributed by atoms with E-state index in [0.29, 0.717) is 17.8 Å². The van der Waals surface area contributed by atoms with Crippen LogP contribution in [0, 0.1) is 32.6 Å². The van der Waals surface area contributed by atoms with Gasteiger partial charge in [0.25, 0.3) is 5.91 Å². The standard InChI is InChI=1S/C23H28N8O/c1-12-17(7-24-23(25-12)30-8-15-6-16(15)9-30)10-31-11-19(14(3)29-31)22(32)26-20-5-4-18-13(2)27-28-21(18)20/h7,11,15-16,20H,4-6,8-10H2,1-3H3,(H,26,32)(H,27,28)/t15?,16?,20-/m1/s1. The number of nitrogens with zero attached hydrogens (tertiary/aromatic N) is 6. The van der Waals surface area contributed by atoms with Gasteiger partial charge in [0.1, 0.15) is 0 Å². The first-order chi connectivity index (χ1) is 15.5. The summed E-state index contributed by atoms with van der Waals surface area (Å²) in [4.78, 5) is 24.6. The molecule has 9 heteroatoms. The molecule has 3 aromatic rings. The zero-order chi connectivity index (χ0) is 22.0. The molecule has 0 radical (unpaired) electrons. The van der Waals surface area contributed by atoms with Crippen molar-refractivity contribution >= 4 is 11.9 Å². The third kappa shape index (κ3) is 3.27. The van der Waals surface area contributed by atoms with E-state index < -0.39 is 0 Å². The molecule has 3 aromatic heterocycles. The third-order valence-corrected chi connectivity index (χ3v) is 7.30. The lowest BCUT2D eigenvalue weighted by Gasteiger charge is -2.18. The van der Waals surface area contributed by atoms with Gasteiger partial charge in [0, 0.05) is 36.7 Å². The summed E-state index contributed by atoms with van der Waals surface area (Å²) >= 11 is 0. The van der Waals surface area contributed by atoms with Crippen molar-refractivity contribution in [3.63, 3.8) is 0 Å². The highest BCUT2D eigenvalue weighted by Crippen LogP contribution is 2.45. The quantitative estimate of drug-likeness (QED) is 0.641. The van der Waals surface area contributed by atoms with Gasteiger partial charge in [0.05, 0.1) is 35.2 Å². The molecule has 0 bridgehead atoms. The number of nitrogens with one attached hydrogen (secondary N) is 2. The van der Waals surface area contributed by atoms with E-state index in [0.717, 1.165) is 66.4 Å². The fourth-order valence-corrected chi connectivity index (χ4v) is 5.24. The minimum absolute atomic E-state index is 0.0266. The molecule has 0 spiro atoms. The molecular formula is C23H28N8O. The number of fused-ring (bicyclic) bond motifs is 2. The lowest BCUT2D eigenvalue weighted by Crippen LogP contribution is -2.27. The van der Waals surface area contributed by atoms with Crippen molar-refractivity contribution in [1.29, 1.82) is 0 Å². The van der Waals surface area contributed by atoms with Gasteiger partial charge in [-0.2, -0.15) is 10.2 Å². The van der Waals surface area contributed by atoms with Gasteiger partial charge >= 0.3 is 0 Å². The summed E-state index contributed by atoms with van der Waals surface area (Å²) in [6.45, 7) is 8.60. The van der Waals surface area contributed by atoms with Crippen LogP contribution in [-0.2, 0) is 13.0 Å². The number of carbonyl (C=O) groups is 1. The first kappa shape index (κ1) is 19.5. The number of aromatic nitrogens is 6. The molecule has 3 atom stereocenters. The lowest BCUT2D eigenvalue weighted by atomic mass is 10.2. The molecule has 0 aromatic carbocycles. The number of carbonyl (C=O) groups excluding carboxylic acids is 1. The molecule has 1 saturated heterocycles. The summed E-state index contributed by atoms with van der Waals surface area (Å²) < 4.78 is 1.81. The normalized spacial score (nSPS) is 23.3. The number of anilines is 1. The minimum Gasteiger partial charge on any atom is -0.344 e. The number of hydrogen-bond donors (Lipinski definition) is 2. The molecule has 1 amide bonds. The molecular weight excluding hydrogens is 404 g/mol. The van der Waals surface area contributed by atoms with E-state index in [-0.39, 0.29) is 11.9 Å². The van der Waals surface area contributed by atoms with Gasteiger partial charge in [0.15, 0.2) is 0 Å². The van der Waals surface area contributed by atoms with Gasteiger partial charge in [-0.3, -0.25) is 14.6 Å². The average Bonchev–Trinajstić information content (AvgIpc) is 3.17. The molecule has 1 saturated carbocycles. The Morgan fingerprint density at radius 2 is 2.00 bits per heavy atom. The van der Waals surface area contributed by atoms with E-state index >= 15 is 0 Å². The van der Waals surface area contributed by atoms with Crippen LogP contribution in [0.5, 0.6) is 0 Å². The topological polar surface area (TPSA) is 105 Å². The van der Waals surface area contributed by atoms with Crippen LogP contribution in [0.15, 0.2) is 12.4 Å². The van der Waals surface area contributed by atoms with Crippen LogP contribution >= 0.6 is 0 Å². The number of H-pyrrole nitrogens is 1. The van der Waals surface area contributed by atoms with Crippen LogP contribution in [0.3, 0.4) is 0 Å². The van der Waals surface area contributed by atoms with Gasteiger partial charge in [-0.1, -0.05) is 0 Å². The average molecular weight is 433 g/mol. The van der Waals surface area contributed by atoms with E-state index in [4.69, 9.17) is 4.98 Å². The number of aromatic amines is 1. The van der Waals surface area contributed by atoms with Crippen molar-refractivity contribution in [1.82, 2.24) is 35.3 Å². The fraction of sp³-hybridized carbons (Fsp3) is 0.522. The summed E-state index contributed by atoms with van der Waals surface area (Å²) in [5, 5.41) is 15.1. The Balaban J connectivity index is 1.15. The molecule has 9 nitrogen and oxygen atoms in total. The van der Waals surface area contributed by atoms with Crippen molar-refractivity contribution in [2.24, 2.45) is 11.8 Å². The highest BCUT2D eigenvalue weighted by Gasteiger charge is 2.45. The number of piperidine rings is 1. The Hall–Kier alpha value is -3.23. The zero-order valence-electron chi connectivity index (χ0n) is 18.7. The van der Waals surface area contributed by atoms with Gasteiger partial charge in [-0.25, -0.2) is 9.97 Å². The summed E-state index contributed by atoms with van der Waals surface area (Å²) in [5.74, 6) is 2.43. The van der Waals surface area contributed by atoms with Crippen LogP contribution in [0.25, 0.3) is 0 Å². The van der Waals surface area contributed by atoms with Crippen LogP contribution in [-0.4, -0.2) is 48.9 Å². The molecule has 166 valence electrons. The predicted octanol–water partition coefficient (Wildman–Crippen LogP) is 2.24. The Morgan fingerprint density at radius 1 is 1.19 bits per heavy atom. The molecule has 2 N–H and O–H groups in total. The Kier molecular flexibility index (Phi) is 4.34. The van der Waals surface area contributed by atoms with Crippen molar-refractivity contribution in [2.45, 2.75) is 52.6 Å². The Bertz CT molecular complexity index is 1200. The molecule has 4 heterocycles. The number of hydrogen-bond acceptors (Lipinski definition) is 6. The van der Waals surface area contributed by atoms with E-state index in [1.165, 1.54) is 12.0 Å². The molecule has 1 aliphatic heterocycles. The van der Waals surface area contributed by atoms with E-state index in [9.17, 15) is 4.79 Å². The van der Waals surface area contributed by atoms with Crippen molar-refractivity contribution < 1.29 is 4.79 Å². The highest BCUT2D eigenvalue weighted by atomic mass is 16.1. The minimum atomic E-state index is -0.102. The Morgan fingerprint density at radius 3 is 2.78 bits per heavy atom. The van der Waals surface area contributed by atoms with Crippen molar-refractivity contribution in [3.8, 4) is 0 Å². The lowest BCUT2D eigenvalue weighted by molar-refractivity contribution is 0.0935. The summed E-state index contributed by atoms with van der Waals surface area (Å²) in [7, 11) is 0. The van der Waals surface area contributed by atoms with Gasteiger partial charge in [-0.15, -0.1) is 0 Å². The summed E-state index contributed by atoms with van der Waals surface area (Å²) in [5.41, 5.74) is 6.57. The summed E-state index contributed by atoms with van der Waals surface area (Å²) in [6.07, 6.45) is 6.92. The number of aryl methyl sites for hydroxylation is 3. The molecule has 6 rings (SSSR count). The van der Waals surface area contributed by atoms with Crippen LogP contribution in [0.1, 0.15) is 63.1 Å². The first-order valence-electron chi connectivity index (χ1n) is 11.4. The van der Waals surface area contributed by atoms with E-state index in [1.54, 1.807) is 4.68 Å². The first-order valence-corrected chi connectivity index (χ1v) is 11.4. The maximum Gasteiger partial charge on any atom is 0.255 e. The second-order valence-corrected chi connectivity index (χ2v) is 9.53. The Labute approximate surface area is 186 Å². The van der Waals surface area contributed by atoms with E-state index in [2.05, 4.69) is 30.5 Å². The SMILES string of the molecule is Cc1nc(N2CC3CC3C2)ncc1Cn1cc(C(=O)N[C@@H]2CCc3c(C)n[nH]c32)c(C)n1. The maximum atomic E-state index is 13.0. The maximum absolute atomic E-state index is 13.0. The van der Waals surface area contributed by atoms with Crippen LogP contribution in [0.2, 0.25) is 0 Å². The van der Waals surface area contributed by atoms with Crippen molar-refractivity contribution in [3.05, 3.63) is 51.9 Å². The molecule has 2 unspecified atom stereocenters. The predicted molar refractivity (Wildman–Crippen MR) is 118 cm³/mol. The van der Waals surface area contributed by atoms with Gasteiger partial charge in [-0.05, 0) is 57.4 Å². The second-order valence-electron chi connectivity index (χ2n) is 9.53. The number of amides is 1. The smallest absolute Gasteiger partial charge is 0.255 e. The molecule has 3 aliphatic rings. The largest absolute Gasteiger partial charge is 0.344 e. The third-order valence-electron chi connectivity index (χ3n) is 7.30. The van der Waals surface area contributed by atoms with Gasteiger partial charge in [0.2, 0.25) is 5.95 Å². The zero-order valence-corrected chi connectivity index (χ0v) is 18.7. The molecule has 32 heavy (non-hydrogen) atoms. The fourth-order valence-electron chi connectivity index (χ4n) is 5.24. The van der Waals surface area contributed by atoms with E-state index in [1.807, 2.05) is 33.2 Å². The summed E-state index contributed by atoms with van der Waals surface area (Å²) in [6, 6.07) is -0.0266. The highest BCUT2D eigenvalue weighted by molar-refractivity contribution is 5.95. The molecule has 2 aliphatic carbocycles. The number of rotatable bonds is 5. The molecule has 2 fully saturated rings. The monoisotopic (exact) mass is 432 g/mol. The second kappa shape index (κ2) is 7.15. The van der Waals surface area contributed by atoms with Gasteiger partial charge < -0.3 is 10.2 Å². The van der Waals surface area contributed by atoms with Crippen LogP contribution < -0.4 is 10.2 Å². The van der Waals surface area contributed by atoms with Crippen molar-refractivity contribution in [2.75, 3.05) is 18.0 Å². The van der Waals surface area contributed by atoms with Crippen LogP contribution in [0.4, 0.5) is 5.95 Å².